The molecule has 1 aliphatic rings. The van der Waals surface area contributed by atoms with E-state index in [1.807, 2.05) is 30.3 Å². The van der Waals surface area contributed by atoms with Gasteiger partial charge in [-0.3, -0.25) is 4.79 Å². The molecule has 1 aromatic rings. The molecular formula is C17H24N2O4. The number of nitrogens with one attached hydrogen (secondary N) is 1. The second-order valence-corrected chi connectivity index (χ2v) is 5.73. The molecule has 1 aromatic carbocycles. The average Bonchev–Trinajstić information content (AvgIpc) is 2.61. The summed E-state index contributed by atoms with van der Waals surface area (Å²) < 4.78 is 9.69. The number of carbonyl (C=O) groups excluding carboxylic acids is 2. The van der Waals surface area contributed by atoms with Gasteiger partial charge in [0, 0.05) is 25.3 Å². The van der Waals surface area contributed by atoms with Gasteiger partial charge in [0.1, 0.15) is 5.54 Å². The lowest BCUT2D eigenvalue weighted by Crippen LogP contribution is -2.55. The first-order valence-electron chi connectivity index (χ1n) is 7.80. The fourth-order valence-electron chi connectivity index (χ4n) is 2.88. The zero-order valence-electron chi connectivity index (χ0n) is 13.7. The molecule has 0 aromatic heterocycles. The van der Waals surface area contributed by atoms with E-state index < -0.39 is 5.54 Å². The van der Waals surface area contributed by atoms with Crippen LogP contribution in [0.1, 0.15) is 19.3 Å². The SMILES string of the molecule is COC(=O)CCN1CCC(Nc2ccccc2)(C(=O)OC)CC1. The van der Waals surface area contributed by atoms with Crippen LogP contribution in [0.2, 0.25) is 0 Å². The first-order chi connectivity index (χ1) is 11.1. The number of rotatable bonds is 6. The third-order valence-corrected chi connectivity index (χ3v) is 4.30. The molecule has 1 aliphatic heterocycles. The Morgan fingerprint density at radius 3 is 2.35 bits per heavy atom. The second kappa shape index (κ2) is 7.97. The minimum atomic E-state index is -0.710. The first kappa shape index (κ1) is 17.3. The maximum atomic E-state index is 12.3. The van der Waals surface area contributed by atoms with E-state index in [-0.39, 0.29) is 11.9 Å². The third-order valence-electron chi connectivity index (χ3n) is 4.30. The van der Waals surface area contributed by atoms with Crippen LogP contribution in [-0.2, 0) is 19.1 Å². The summed E-state index contributed by atoms with van der Waals surface area (Å²) in [6.07, 6.45) is 1.64. The number of benzene rings is 1. The topological polar surface area (TPSA) is 67.9 Å². The van der Waals surface area contributed by atoms with Crippen LogP contribution in [0.4, 0.5) is 5.69 Å². The highest BCUT2D eigenvalue weighted by molar-refractivity contribution is 5.84. The van der Waals surface area contributed by atoms with E-state index >= 15 is 0 Å². The number of para-hydroxylation sites is 1. The molecule has 23 heavy (non-hydrogen) atoms. The minimum Gasteiger partial charge on any atom is -0.469 e. The molecule has 0 unspecified atom stereocenters. The molecular weight excluding hydrogens is 296 g/mol. The fraction of sp³-hybridized carbons (Fsp3) is 0.529. The monoisotopic (exact) mass is 320 g/mol. The predicted octanol–water partition coefficient (Wildman–Crippen LogP) is 1.67. The van der Waals surface area contributed by atoms with Crippen LogP contribution in [0.15, 0.2) is 30.3 Å². The number of nitrogens with zero attached hydrogens (tertiary/aromatic N) is 1. The molecule has 0 saturated carbocycles. The van der Waals surface area contributed by atoms with Crippen LogP contribution >= 0.6 is 0 Å². The van der Waals surface area contributed by atoms with E-state index in [0.29, 0.717) is 25.8 Å². The Hall–Kier alpha value is -2.08. The Morgan fingerprint density at radius 1 is 1.13 bits per heavy atom. The first-order valence-corrected chi connectivity index (χ1v) is 7.80. The number of hydrogen-bond acceptors (Lipinski definition) is 6. The molecule has 0 amide bonds. The zero-order chi connectivity index (χ0) is 16.7. The highest BCUT2D eigenvalue weighted by Crippen LogP contribution is 2.28. The molecule has 1 heterocycles. The number of likely N-dealkylation sites (tertiary alicyclic amines) is 1. The van der Waals surface area contributed by atoms with Crippen molar-refractivity contribution in [1.82, 2.24) is 4.90 Å². The van der Waals surface area contributed by atoms with Gasteiger partial charge in [-0.25, -0.2) is 4.79 Å². The minimum absolute atomic E-state index is 0.211. The summed E-state index contributed by atoms with van der Waals surface area (Å²) in [5, 5.41) is 3.35. The quantitative estimate of drug-likeness (QED) is 0.804. The van der Waals surface area contributed by atoms with Crippen molar-refractivity contribution in [3.8, 4) is 0 Å². The van der Waals surface area contributed by atoms with E-state index in [0.717, 1.165) is 18.8 Å². The van der Waals surface area contributed by atoms with Gasteiger partial charge in [0.05, 0.1) is 20.6 Å². The molecule has 126 valence electrons. The van der Waals surface area contributed by atoms with Gasteiger partial charge < -0.3 is 19.7 Å². The lowest BCUT2D eigenvalue weighted by Gasteiger charge is -2.40. The summed E-state index contributed by atoms with van der Waals surface area (Å²) in [5.74, 6) is -0.453. The highest BCUT2D eigenvalue weighted by atomic mass is 16.5. The number of hydrogen-bond donors (Lipinski definition) is 1. The number of carbonyl (C=O) groups is 2. The molecule has 1 fully saturated rings. The van der Waals surface area contributed by atoms with Gasteiger partial charge in [0.2, 0.25) is 0 Å². The van der Waals surface area contributed by atoms with Crippen molar-refractivity contribution in [3.63, 3.8) is 0 Å². The standard InChI is InChI=1S/C17H24N2O4/c1-22-15(20)8-11-19-12-9-17(10-13-19,16(21)23-2)18-14-6-4-3-5-7-14/h3-7,18H,8-13H2,1-2H3. The summed E-state index contributed by atoms with van der Waals surface area (Å²) in [4.78, 5) is 25.7. The van der Waals surface area contributed by atoms with Gasteiger partial charge in [-0.05, 0) is 25.0 Å². The van der Waals surface area contributed by atoms with Crippen molar-refractivity contribution < 1.29 is 19.1 Å². The van der Waals surface area contributed by atoms with Crippen molar-refractivity contribution in [2.24, 2.45) is 0 Å². The Morgan fingerprint density at radius 2 is 1.78 bits per heavy atom. The fourth-order valence-corrected chi connectivity index (χ4v) is 2.88. The van der Waals surface area contributed by atoms with Crippen LogP contribution < -0.4 is 5.32 Å². The average molecular weight is 320 g/mol. The molecule has 0 atom stereocenters. The molecule has 1 N–H and O–H groups in total. The number of methoxy groups -OCH3 is 2. The van der Waals surface area contributed by atoms with E-state index in [9.17, 15) is 9.59 Å². The Labute approximate surface area is 136 Å². The smallest absolute Gasteiger partial charge is 0.331 e. The van der Waals surface area contributed by atoms with E-state index in [1.165, 1.54) is 14.2 Å². The Kier molecular flexibility index (Phi) is 5.98. The van der Waals surface area contributed by atoms with Gasteiger partial charge in [0.25, 0.3) is 0 Å². The lowest BCUT2D eigenvalue weighted by molar-refractivity contribution is -0.148. The van der Waals surface area contributed by atoms with Crippen molar-refractivity contribution in [3.05, 3.63) is 30.3 Å². The van der Waals surface area contributed by atoms with E-state index in [4.69, 9.17) is 4.74 Å². The zero-order valence-corrected chi connectivity index (χ0v) is 13.7. The van der Waals surface area contributed by atoms with Crippen molar-refractivity contribution in [1.29, 1.82) is 0 Å². The molecule has 6 heteroatoms. The molecule has 0 radical (unpaired) electrons. The second-order valence-electron chi connectivity index (χ2n) is 5.73. The van der Waals surface area contributed by atoms with Crippen LogP contribution in [-0.4, -0.2) is 56.2 Å². The van der Waals surface area contributed by atoms with Gasteiger partial charge in [-0.1, -0.05) is 18.2 Å². The molecule has 2 rings (SSSR count). The Bertz CT molecular complexity index is 525. The maximum absolute atomic E-state index is 12.3. The number of anilines is 1. The van der Waals surface area contributed by atoms with Crippen molar-refractivity contribution in [2.75, 3.05) is 39.2 Å². The number of ether oxygens (including phenoxy) is 2. The predicted molar refractivity (Wildman–Crippen MR) is 87.1 cm³/mol. The molecule has 0 bridgehead atoms. The maximum Gasteiger partial charge on any atom is 0.331 e. The molecule has 0 aliphatic carbocycles. The third kappa shape index (κ3) is 4.45. The summed E-state index contributed by atoms with van der Waals surface area (Å²) in [7, 11) is 2.81. The molecule has 1 saturated heterocycles. The molecule has 6 nitrogen and oxygen atoms in total. The Balaban J connectivity index is 1.99. The van der Waals surface area contributed by atoms with E-state index in [2.05, 4.69) is 15.0 Å². The van der Waals surface area contributed by atoms with Crippen LogP contribution in [0, 0.1) is 0 Å². The number of piperidine rings is 1. The number of esters is 2. The summed E-state index contributed by atoms with van der Waals surface area (Å²) in [5.41, 5.74) is 0.193. The molecule has 0 spiro atoms. The van der Waals surface area contributed by atoms with Gasteiger partial charge in [0.15, 0.2) is 0 Å². The largest absolute Gasteiger partial charge is 0.469 e. The van der Waals surface area contributed by atoms with Gasteiger partial charge >= 0.3 is 11.9 Å². The van der Waals surface area contributed by atoms with Crippen LogP contribution in [0.25, 0.3) is 0 Å². The van der Waals surface area contributed by atoms with E-state index in [1.54, 1.807) is 0 Å². The summed E-state index contributed by atoms with van der Waals surface area (Å²) in [6, 6.07) is 9.67. The normalized spacial score (nSPS) is 17.3. The lowest BCUT2D eigenvalue weighted by atomic mass is 9.87. The summed E-state index contributed by atoms with van der Waals surface area (Å²) >= 11 is 0. The van der Waals surface area contributed by atoms with Gasteiger partial charge in [-0.2, -0.15) is 0 Å². The van der Waals surface area contributed by atoms with Crippen LogP contribution in [0.5, 0.6) is 0 Å². The van der Waals surface area contributed by atoms with Crippen LogP contribution in [0.3, 0.4) is 0 Å². The van der Waals surface area contributed by atoms with Crippen molar-refractivity contribution >= 4 is 17.6 Å². The van der Waals surface area contributed by atoms with Crippen molar-refractivity contribution in [2.45, 2.75) is 24.8 Å². The van der Waals surface area contributed by atoms with Gasteiger partial charge in [-0.15, -0.1) is 0 Å². The highest BCUT2D eigenvalue weighted by Gasteiger charge is 2.42. The summed E-state index contributed by atoms with van der Waals surface area (Å²) in [6.45, 7) is 2.10.